The molecule has 5 nitrogen and oxygen atoms in total. The van der Waals surface area contributed by atoms with Gasteiger partial charge < -0.3 is 5.32 Å². The topological polar surface area (TPSA) is 70.7 Å². The number of aryl methyl sites for hydroxylation is 1. The zero-order valence-corrected chi connectivity index (χ0v) is 15.6. The first-order valence-corrected chi connectivity index (χ1v) is 9.28. The Bertz CT molecular complexity index is 1030. The fourth-order valence-electron chi connectivity index (χ4n) is 2.67. The molecule has 1 aromatic heterocycles. The van der Waals surface area contributed by atoms with Crippen LogP contribution < -0.4 is 10.9 Å². The molecule has 0 fully saturated rings. The molecule has 1 heterocycles. The van der Waals surface area contributed by atoms with Gasteiger partial charge >= 0.3 is 0 Å². The molecule has 130 valence electrons. The SMILES string of the molecule is CNc1nc(-c2ccc(SC)cc2)n(-c2ccc(C)cc2)c(=O)c1C#N. The van der Waals surface area contributed by atoms with Gasteiger partial charge in [-0.05, 0) is 37.4 Å². The lowest BCUT2D eigenvalue weighted by molar-refractivity contribution is 0.941. The van der Waals surface area contributed by atoms with Crippen molar-refractivity contribution in [3.05, 3.63) is 70.0 Å². The molecule has 2 aromatic carbocycles. The van der Waals surface area contributed by atoms with Crippen molar-refractivity contribution >= 4 is 17.6 Å². The number of nitrogens with zero attached hydrogens (tertiary/aromatic N) is 3. The van der Waals surface area contributed by atoms with Crippen LogP contribution >= 0.6 is 11.8 Å². The van der Waals surface area contributed by atoms with Gasteiger partial charge in [0, 0.05) is 17.5 Å². The lowest BCUT2D eigenvalue weighted by Crippen LogP contribution is -2.25. The Balaban J connectivity index is 2.33. The molecule has 0 spiro atoms. The molecule has 1 N–H and O–H groups in total. The summed E-state index contributed by atoms with van der Waals surface area (Å²) in [6.45, 7) is 1.98. The standard InChI is InChI=1S/C20H18N4OS/c1-13-4-8-15(9-5-13)24-19(14-6-10-16(26-3)11-7-14)23-18(22-2)17(12-21)20(24)25/h4-11,22H,1-3H3. The van der Waals surface area contributed by atoms with Crippen LogP contribution in [0.25, 0.3) is 17.1 Å². The minimum atomic E-state index is -0.389. The molecule has 3 aromatic rings. The highest BCUT2D eigenvalue weighted by Gasteiger charge is 2.18. The largest absolute Gasteiger partial charge is 0.372 e. The normalized spacial score (nSPS) is 10.4. The minimum absolute atomic E-state index is 0.00226. The van der Waals surface area contributed by atoms with Gasteiger partial charge in [0.15, 0.2) is 11.4 Å². The van der Waals surface area contributed by atoms with E-state index < -0.39 is 0 Å². The molecular formula is C20H18N4OS. The van der Waals surface area contributed by atoms with Crippen molar-refractivity contribution in [2.75, 3.05) is 18.6 Å². The molecule has 0 atom stereocenters. The van der Waals surface area contributed by atoms with E-state index in [0.717, 1.165) is 16.0 Å². The smallest absolute Gasteiger partial charge is 0.278 e. The summed E-state index contributed by atoms with van der Waals surface area (Å²) in [5, 5.41) is 12.3. The van der Waals surface area contributed by atoms with Gasteiger partial charge in [-0.25, -0.2) is 4.98 Å². The molecule has 0 bridgehead atoms. The van der Waals surface area contributed by atoms with Crippen molar-refractivity contribution in [1.29, 1.82) is 5.26 Å². The summed E-state index contributed by atoms with van der Waals surface area (Å²) in [7, 11) is 1.65. The second kappa shape index (κ2) is 7.46. The molecule has 0 aliphatic heterocycles. The van der Waals surface area contributed by atoms with Gasteiger partial charge in [0.2, 0.25) is 0 Å². The van der Waals surface area contributed by atoms with Crippen molar-refractivity contribution in [2.24, 2.45) is 0 Å². The Labute approximate surface area is 156 Å². The second-order valence-corrected chi connectivity index (χ2v) is 6.61. The maximum Gasteiger partial charge on any atom is 0.278 e. The molecule has 26 heavy (non-hydrogen) atoms. The number of hydrogen-bond donors (Lipinski definition) is 1. The van der Waals surface area contributed by atoms with Crippen LogP contribution in [-0.2, 0) is 0 Å². The highest BCUT2D eigenvalue weighted by atomic mass is 32.2. The van der Waals surface area contributed by atoms with Crippen LogP contribution in [0, 0.1) is 18.3 Å². The third-order valence-electron chi connectivity index (χ3n) is 4.07. The number of hydrogen-bond acceptors (Lipinski definition) is 5. The lowest BCUT2D eigenvalue weighted by Gasteiger charge is -2.15. The van der Waals surface area contributed by atoms with Gasteiger partial charge in [0.05, 0.1) is 5.69 Å². The van der Waals surface area contributed by atoms with Crippen molar-refractivity contribution < 1.29 is 0 Å². The van der Waals surface area contributed by atoms with Crippen molar-refractivity contribution in [3.8, 4) is 23.1 Å². The summed E-state index contributed by atoms with van der Waals surface area (Å²) in [5.74, 6) is 0.777. The molecule has 3 rings (SSSR count). The van der Waals surface area contributed by atoms with Crippen LogP contribution in [0.15, 0.2) is 58.2 Å². The van der Waals surface area contributed by atoms with E-state index in [1.54, 1.807) is 18.8 Å². The number of nitriles is 1. The van der Waals surface area contributed by atoms with Crippen LogP contribution in [0.3, 0.4) is 0 Å². The van der Waals surface area contributed by atoms with Gasteiger partial charge in [-0.1, -0.05) is 29.8 Å². The third-order valence-corrected chi connectivity index (χ3v) is 4.82. The molecule has 0 unspecified atom stereocenters. The molecule has 0 radical (unpaired) electrons. The summed E-state index contributed by atoms with van der Waals surface area (Å²) in [6, 6.07) is 17.4. The number of nitrogens with one attached hydrogen (secondary N) is 1. The number of thioether (sulfide) groups is 1. The van der Waals surface area contributed by atoms with Gasteiger partial charge in [-0.15, -0.1) is 11.8 Å². The van der Waals surface area contributed by atoms with Crippen LogP contribution in [-0.4, -0.2) is 22.9 Å². The number of anilines is 1. The fraction of sp³-hybridized carbons (Fsp3) is 0.150. The van der Waals surface area contributed by atoms with E-state index >= 15 is 0 Å². The Morgan fingerprint density at radius 3 is 2.31 bits per heavy atom. The van der Waals surface area contributed by atoms with Crippen LogP contribution in [0.2, 0.25) is 0 Å². The van der Waals surface area contributed by atoms with Gasteiger partial charge in [0.1, 0.15) is 11.9 Å². The second-order valence-electron chi connectivity index (χ2n) is 5.73. The van der Waals surface area contributed by atoms with Crippen molar-refractivity contribution in [1.82, 2.24) is 9.55 Å². The van der Waals surface area contributed by atoms with E-state index in [2.05, 4.69) is 10.3 Å². The number of aromatic nitrogens is 2. The van der Waals surface area contributed by atoms with Crippen molar-refractivity contribution in [2.45, 2.75) is 11.8 Å². The molecule has 0 saturated heterocycles. The Morgan fingerprint density at radius 1 is 1.12 bits per heavy atom. The monoisotopic (exact) mass is 362 g/mol. The van der Waals surface area contributed by atoms with Crippen LogP contribution in [0.5, 0.6) is 0 Å². The first-order chi connectivity index (χ1) is 12.6. The van der Waals surface area contributed by atoms with Crippen LogP contribution in [0.1, 0.15) is 11.1 Å². The number of benzene rings is 2. The summed E-state index contributed by atoms with van der Waals surface area (Å²) in [5.41, 5.74) is 2.18. The zero-order chi connectivity index (χ0) is 18.7. The van der Waals surface area contributed by atoms with Gasteiger partial charge in [-0.3, -0.25) is 9.36 Å². The first kappa shape index (κ1) is 17.8. The minimum Gasteiger partial charge on any atom is -0.372 e. The van der Waals surface area contributed by atoms with E-state index in [4.69, 9.17) is 0 Å². The van der Waals surface area contributed by atoms with Crippen molar-refractivity contribution in [3.63, 3.8) is 0 Å². The quantitative estimate of drug-likeness (QED) is 0.714. The Kier molecular flexibility index (Phi) is 5.10. The zero-order valence-electron chi connectivity index (χ0n) is 14.8. The Hall–Kier alpha value is -3.04. The fourth-order valence-corrected chi connectivity index (χ4v) is 3.08. The highest BCUT2D eigenvalue weighted by molar-refractivity contribution is 7.98. The molecule has 0 aliphatic carbocycles. The predicted octanol–water partition coefficient (Wildman–Crippen LogP) is 3.84. The van der Waals surface area contributed by atoms with Crippen LogP contribution in [0.4, 0.5) is 5.82 Å². The van der Waals surface area contributed by atoms with E-state index in [1.807, 2.05) is 67.8 Å². The molecule has 6 heteroatoms. The maximum atomic E-state index is 13.0. The average molecular weight is 362 g/mol. The first-order valence-electron chi connectivity index (χ1n) is 8.05. The molecule has 0 saturated carbocycles. The van der Waals surface area contributed by atoms with Gasteiger partial charge in [-0.2, -0.15) is 5.26 Å². The average Bonchev–Trinajstić information content (AvgIpc) is 2.68. The van der Waals surface area contributed by atoms with E-state index in [9.17, 15) is 10.1 Å². The maximum absolute atomic E-state index is 13.0. The molecule has 0 amide bonds. The summed E-state index contributed by atoms with van der Waals surface area (Å²) >= 11 is 1.65. The molecular weight excluding hydrogens is 344 g/mol. The summed E-state index contributed by atoms with van der Waals surface area (Å²) in [6.07, 6.45) is 2.01. The van der Waals surface area contributed by atoms with E-state index in [-0.39, 0.29) is 16.9 Å². The lowest BCUT2D eigenvalue weighted by atomic mass is 10.1. The predicted molar refractivity (Wildman–Crippen MR) is 106 cm³/mol. The Morgan fingerprint density at radius 2 is 1.77 bits per heavy atom. The van der Waals surface area contributed by atoms with E-state index in [1.165, 1.54) is 4.57 Å². The highest BCUT2D eigenvalue weighted by Crippen LogP contribution is 2.25. The molecule has 0 aliphatic rings. The third kappa shape index (κ3) is 3.22. The van der Waals surface area contributed by atoms with E-state index in [0.29, 0.717) is 11.5 Å². The number of rotatable bonds is 4. The summed E-state index contributed by atoms with van der Waals surface area (Å²) < 4.78 is 1.49. The van der Waals surface area contributed by atoms with Gasteiger partial charge in [0.25, 0.3) is 5.56 Å². The summed E-state index contributed by atoms with van der Waals surface area (Å²) in [4.78, 5) is 18.7.